The predicted octanol–water partition coefficient (Wildman–Crippen LogP) is 3.27. The minimum atomic E-state index is 0.631. The summed E-state index contributed by atoms with van der Waals surface area (Å²) in [5.41, 5.74) is 0. The van der Waals surface area contributed by atoms with Crippen LogP contribution >= 0.6 is 0 Å². The Morgan fingerprint density at radius 2 is 1.62 bits per heavy atom. The summed E-state index contributed by atoms with van der Waals surface area (Å²) >= 11 is 0. The van der Waals surface area contributed by atoms with Gasteiger partial charge in [0.25, 0.3) is 0 Å². The van der Waals surface area contributed by atoms with Crippen LogP contribution in [0.4, 0.5) is 0 Å². The van der Waals surface area contributed by atoms with Gasteiger partial charge < -0.3 is 10.2 Å². The van der Waals surface area contributed by atoms with E-state index in [0.29, 0.717) is 12.1 Å². The predicted molar refractivity (Wildman–Crippen MR) is 74.0 cm³/mol. The summed E-state index contributed by atoms with van der Waals surface area (Å²) in [7, 11) is 2.27. The highest BCUT2D eigenvalue weighted by atomic mass is 15.2. The molecule has 0 bridgehead atoms. The molecule has 0 amide bonds. The first-order valence-corrected chi connectivity index (χ1v) is 7.01. The second kappa shape index (κ2) is 9.00. The van der Waals surface area contributed by atoms with E-state index in [2.05, 4.69) is 51.9 Å². The van der Waals surface area contributed by atoms with Crippen molar-refractivity contribution >= 4 is 0 Å². The minimum absolute atomic E-state index is 0.631. The third-order valence-electron chi connectivity index (χ3n) is 3.65. The zero-order valence-corrected chi connectivity index (χ0v) is 12.2. The SMILES string of the molecule is CCCNC(C)CC(C)N(C)C(CC)CC. The Morgan fingerprint density at radius 1 is 1.06 bits per heavy atom. The van der Waals surface area contributed by atoms with Crippen molar-refractivity contribution in [1.29, 1.82) is 0 Å². The molecule has 0 aromatic heterocycles. The molecule has 0 saturated heterocycles. The van der Waals surface area contributed by atoms with Crippen LogP contribution in [0.2, 0.25) is 0 Å². The number of nitrogens with zero attached hydrogens (tertiary/aromatic N) is 1. The molecule has 0 heterocycles. The van der Waals surface area contributed by atoms with E-state index in [1.165, 1.54) is 25.7 Å². The lowest BCUT2D eigenvalue weighted by molar-refractivity contribution is 0.158. The average Bonchev–Trinajstić information content (AvgIpc) is 2.27. The largest absolute Gasteiger partial charge is 0.314 e. The maximum Gasteiger partial charge on any atom is 0.00897 e. The van der Waals surface area contributed by atoms with Crippen LogP contribution in [0.25, 0.3) is 0 Å². The van der Waals surface area contributed by atoms with Crippen molar-refractivity contribution in [2.24, 2.45) is 0 Å². The molecule has 2 heteroatoms. The molecule has 0 saturated carbocycles. The summed E-state index contributed by atoms with van der Waals surface area (Å²) in [4.78, 5) is 2.55. The van der Waals surface area contributed by atoms with Crippen LogP contribution in [-0.4, -0.2) is 36.6 Å². The highest BCUT2D eigenvalue weighted by Crippen LogP contribution is 2.13. The summed E-state index contributed by atoms with van der Waals surface area (Å²) in [5.74, 6) is 0. The standard InChI is InChI=1S/C14H32N2/c1-7-10-15-12(4)11-13(5)16(6)14(8-2)9-3/h12-15H,7-11H2,1-6H3. The zero-order valence-electron chi connectivity index (χ0n) is 12.2. The third kappa shape index (κ3) is 5.86. The van der Waals surface area contributed by atoms with E-state index in [9.17, 15) is 0 Å². The molecule has 98 valence electrons. The molecule has 0 spiro atoms. The highest BCUT2D eigenvalue weighted by Gasteiger charge is 2.18. The number of rotatable bonds is 9. The quantitative estimate of drug-likeness (QED) is 0.651. The zero-order chi connectivity index (χ0) is 12.6. The van der Waals surface area contributed by atoms with Gasteiger partial charge in [-0.1, -0.05) is 20.8 Å². The fourth-order valence-electron chi connectivity index (χ4n) is 2.38. The summed E-state index contributed by atoms with van der Waals surface area (Å²) in [6.45, 7) is 12.6. The van der Waals surface area contributed by atoms with Gasteiger partial charge in [0.2, 0.25) is 0 Å². The van der Waals surface area contributed by atoms with Crippen LogP contribution in [0.1, 0.15) is 60.3 Å². The van der Waals surface area contributed by atoms with E-state index in [4.69, 9.17) is 0 Å². The molecule has 0 aliphatic carbocycles. The first kappa shape index (κ1) is 15.9. The highest BCUT2D eigenvalue weighted by molar-refractivity contribution is 4.75. The summed E-state index contributed by atoms with van der Waals surface area (Å²) in [5, 5.41) is 3.57. The smallest absolute Gasteiger partial charge is 0.00897 e. The molecule has 1 N–H and O–H groups in total. The van der Waals surface area contributed by atoms with Crippen LogP contribution in [0, 0.1) is 0 Å². The molecule has 2 unspecified atom stereocenters. The molecule has 16 heavy (non-hydrogen) atoms. The van der Waals surface area contributed by atoms with E-state index in [-0.39, 0.29) is 0 Å². The number of nitrogens with one attached hydrogen (secondary N) is 1. The van der Waals surface area contributed by atoms with Gasteiger partial charge in [-0.05, 0) is 53.1 Å². The van der Waals surface area contributed by atoms with E-state index in [0.717, 1.165) is 12.6 Å². The fraction of sp³-hybridized carbons (Fsp3) is 1.00. The normalized spacial score (nSPS) is 15.8. The molecule has 0 radical (unpaired) electrons. The van der Waals surface area contributed by atoms with Gasteiger partial charge in [0.1, 0.15) is 0 Å². The van der Waals surface area contributed by atoms with E-state index in [1.807, 2.05) is 0 Å². The van der Waals surface area contributed by atoms with Crippen LogP contribution in [0.3, 0.4) is 0 Å². The molecule has 0 fully saturated rings. The lowest BCUT2D eigenvalue weighted by Crippen LogP contribution is -2.41. The molecule has 0 aromatic rings. The van der Waals surface area contributed by atoms with Crippen molar-refractivity contribution in [1.82, 2.24) is 10.2 Å². The van der Waals surface area contributed by atoms with Gasteiger partial charge in [-0.15, -0.1) is 0 Å². The van der Waals surface area contributed by atoms with Crippen molar-refractivity contribution < 1.29 is 0 Å². The van der Waals surface area contributed by atoms with Gasteiger partial charge in [0, 0.05) is 18.1 Å². The van der Waals surface area contributed by atoms with Crippen LogP contribution in [0.5, 0.6) is 0 Å². The topological polar surface area (TPSA) is 15.3 Å². The van der Waals surface area contributed by atoms with Gasteiger partial charge in [-0.2, -0.15) is 0 Å². The maximum atomic E-state index is 3.57. The van der Waals surface area contributed by atoms with Crippen molar-refractivity contribution in [3.8, 4) is 0 Å². The maximum absolute atomic E-state index is 3.57. The van der Waals surface area contributed by atoms with Gasteiger partial charge in [-0.3, -0.25) is 0 Å². The Hall–Kier alpha value is -0.0800. The van der Waals surface area contributed by atoms with E-state index < -0.39 is 0 Å². The Labute approximate surface area is 103 Å². The Morgan fingerprint density at radius 3 is 2.06 bits per heavy atom. The molecule has 0 aliphatic rings. The van der Waals surface area contributed by atoms with E-state index in [1.54, 1.807) is 0 Å². The molecule has 0 rings (SSSR count). The van der Waals surface area contributed by atoms with Gasteiger partial charge in [-0.25, -0.2) is 0 Å². The molecular weight excluding hydrogens is 196 g/mol. The molecule has 0 aromatic carbocycles. The average molecular weight is 228 g/mol. The van der Waals surface area contributed by atoms with Gasteiger partial charge in [0.05, 0.1) is 0 Å². The lowest BCUT2D eigenvalue weighted by Gasteiger charge is -2.33. The lowest BCUT2D eigenvalue weighted by atomic mass is 10.0. The molecular formula is C14H32N2. The number of hydrogen-bond acceptors (Lipinski definition) is 2. The van der Waals surface area contributed by atoms with Crippen molar-refractivity contribution in [3.63, 3.8) is 0 Å². The fourth-order valence-corrected chi connectivity index (χ4v) is 2.38. The van der Waals surface area contributed by atoms with Gasteiger partial charge in [0.15, 0.2) is 0 Å². The Balaban J connectivity index is 3.97. The number of hydrogen-bond donors (Lipinski definition) is 1. The van der Waals surface area contributed by atoms with Crippen molar-refractivity contribution in [2.75, 3.05) is 13.6 Å². The summed E-state index contributed by atoms with van der Waals surface area (Å²) in [6, 6.07) is 2.05. The second-order valence-corrected chi connectivity index (χ2v) is 5.08. The van der Waals surface area contributed by atoms with Crippen molar-refractivity contribution in [2.45, 2.75) is 78.4 Å². The minimum Gasteiger partial charge on any atom is -0.314 e. The monoisotopic (exact) mass is 228 g/mol. The van der Waals surface area contributed by atoms with E-state index >= 15 is 0 Å². The first-order valence-electron chi connectivity index (χ1n) is 7.01. The van der Waals surface area contributed by atoms with Crippen LogP contribution < -0.4 is 5.32 Å². The van der Waals surface area contributed by atoms with Crippen LogP contribution in [-0.2, 0) is 0 Å². The Kier molecular flexibility index (Phi) is 8.96. The molecule has 0 aliphatic heterocycles. The Bertz CT molecular complexity index is 155. The molecule has 2 nitrogen and oxygen atoms in total. The first-order chi connectivity index (χ1) is 7.56. The summed E-state index contributed by atoms with van der Waals surface area (Å²) in [6.07, 6.45) is 4.98. The second-order valence-electron chi connectivity index (χ2n) is 5.08. The summed E-state index contributed by atoms with van der Waals surface area (Å²) < 4.78 is 0. The van der Waals surface area contributed by atoms with Gasteiger partial charge >= 0.3 is 0 Å². The van der Waals surface area contributed by atoms with Crippen molar-refractivity contribution in [3.05, 3.63) is 0 Å². The van der Waals surface area contributed by atoms with Crippen LogP contribution in [0.15, 0.2) is 0 Å². The molecule has 2 atom stereocenters. The third-order valence-corrected chi connectivity index (χ3v) is 3.65.